The number of aliphatic hydroxyl groups excluding tert-OH is 1. The Hall–Kier alpha value is -0.570. The second kappa shape index (κ2) is 5.85. The van der Waals surface area contributed by atoms with Crippen LogP contribution < -0.4 is 0 Å². The standard InChI is InChI=1S/C14H20ClNO/c1-2-11-9-16(8-7-14(11)17)10-12-5-3-4-6-13(12)15/h3-6,11,14,17H,2,7-10H2,1H3. The second-order valence-corrected chi connectivity index (χ2v) is 5.26. The lowest BCUT2D eigenvalue weighted by atomic mass is 9.92. The lowest BCUT2D eigenvalue weighted by Crippen LogP contribution is -2.42. The molecule has 2 unspecified atom stereocenters. The van der Waals surface area contributed by atoms with Crippen molar-refractivity contribution >= 4 is 11.6 Å². The number of benzene rings is 1. The average molecular weight is 254 g/mol. The highest BCUT2D eigenvalue weighted by Crippen LogP contribution is 2.23. The highest BCUT2D eigenvalue weighted by Gasteiger charge is 2.26. The molecule has 1 heterocycles. The molecule has 0 saturated carbocycles. The lowest BCUT2D eigenvalue weighted by Gasteiger charge is -2.35. The summed E-state index contributed by atoms with van der Waals surface area (Å²) in [6.45, 7) is 4.97. The Morgan fingerprint density at radius 3 is 2.88 bits per heavy atom. The summed E-state index contributed by atoms with van der Waals surface area (Å²) in [7, 11) is 0. The van der Waals surface area contributed by atoms with E-state index in [1.165, 1.54) is 5.56 Å². The summed E-state index contributed by atoms with van der Waals surface area (Å²) in [5.41, 5.74) is 1.18. The zero-order chi connectivity index (χ0) is 12.3. The molecule has 2 nitrogen and oxygen atoms in total. The molecule has 0 aliphatic carbocycles. The van der Waals surface area contributed by atoms with E-state index < -0.39 is 0 Å². The number of halogens is 1. The smallest absolute Gasteiger partial charge is 0.0592 e. The third-order valence-electron chi connectivity index (χ3n) is 3.65. The fourth-order valence-electron chi connectivity index (χ4n) is 2.51. The van der Waals surface area contributed by atoms with Crippen LogP contribution in [-0.2, 0) is 6.54 Å². The molecule has 1 N–H and O–H groups in total. The fraction of sp³-hybridized carbons (Fsp3) is 0.571. The third kappa shape index (κ3) is 3.21. The van der Waals surface area contributed by atoms with Crippen LogP contribution in [-0.4, -0.2) is 29.2 Å². The topological polar surface area (TPSA) is 23.5 Å². The van der Waals surface area contributed by atoms with Crippen LogP contribution in [0.2, 0.25) is 5.02 Å². The maximum Gasteiger partial charge on any atom is 0.0592 e. The summed E-state index contributed by atoms with van der Waals surface area (Å²) in [5, 5.41) is 10.7. The number of rotatable bonds is 3. The van der Waals surface area contributed by atoms with E-state index in [0.29, 0.717) is 5.92 Å². The van der Waals surface area contributed by atoms with Gasteiger partial charge in [0.05, 0.1) is 6.10 Å². The molecule has 17 heavy (non-hydrogen) atoms. The van der Waals surface area contributed by atoms with E-state index in [2.05, 4.69) is 17.9 Å². The zero-order valence-electron chi connectivity index (χ0n) is 10.3. The van der Waals surface area contributed by atoms with E-state index in [1.54, 1.807) is 0 Å². The predicted octanol–water partition coefficient (Wildman–Crippen LogP) is 2.93. The zero-order valence-corrected chi connectivity index (χ0v) is 11.0. The van der Waals surface area contributed by atoms with Crippen molar-refractivity contribution in [3.8, 4) is 0 Å². The van der Waals surface area contributed by atoms with Crippen LogP contribution in [0.25, 0.3) is 0 Å². The first kappa shape index (κ1) is 12.9. The Kier molecular flexibility index (Phi) is 4.43. The van der Waals surface area contributed by atoms with E-state index >= 15 is 0 Å². The van der Waals surface area contributed by atoms with Gasteiger partial charge in [0.15, 0.2) is 0 Å². The molecule has 0 radical (unpaired) electrons. The molecule has 1 aliphatic rings. The SMILES string of the molecule is CCC1CN(Cc2ccccc2Cl)CCC1O. The highest BCUT2D eigenvalue weighted by atomic mass is 35.5. The molecule has 1 saturated heterocycles. The van der Waals surface area contributed by atoms with Gasteiger partial charge in [0.2, 0.25) is 0 Å². The molecule has 1 aliphatic heterocycles. The van der Waals surface area contributed by atoms with Gasteiger partial charge in [-0.15, -0.1) is 0 Å². The van der Waals surface area contributed by atoms with Crippen molar-refractivity contribution in [3.63, 3.8) is 0 Å². The number of likely N-dealkylation sites (tertiary alicyclic amines) is 1. The molecule has 94 valence electrons. The van der Waals surface area contributed by atoms with E-state index in [4.69, 9.17) is 11.6 Å². The quantitative estimate of drug-likeness (QED) is 0.895. The molecule has 0 spiro atoms. The number of hydrogen-bond acceptors (Lipinski definition) is 2. The number of nitrogens with zero attached hydrogens (tertiary/aromatic N) is 1. The summed E-state index contributed by atoms with van der Waals surface area (Å²) in [6, 6.07) is 8.00. The van der Waals surface area contributed by atoms with Crippen molar-refractivity contribution in [3.05, 3.63) is 34.9 Å². The normalized spacial score (nSPS) is 26.1. The molecule has 0 bridgehead atoms. The molecule has 2 atom stereocenters. The minimum absolute atomic E-state index is 0.123. The van der Waals surface area contributed by atoms with Gasteiger partial charge < -0.3 is 5.11 Å². The summed E-state index contributed by atoms with van der Waals surface area (Å²) in [6.07, 6.45) is 1.80. The van der Waals surface area contributed by atoms with Crippen LogP contribution in [0.3, 0.4) is 0 Å². The first-order chi connectivity index (χ1) is 8.20. The first-order valence-electron chi connectivity index (χ1n) is 6.34. The van der Waals surface area contributed by atoms with Crippen molar-refractivity contribution in [1.29, 1.82) is 0 Å². The van der Waals surface area contributed by atoms with Gasteiger partial charge in [-0.3, -0.25) is 4.90 Å². The van der Waals surface area contributed by atoms with Crippen molar-refractivity contribution in [1.82, 2.24) is 4.90 Å². The maximum absolute atomic E-state index is 9.85. The van der Waals surface area contributed by atoms with Crippen LogP contribution in [0.4, 0.5) is 0 Å². The maximum atomic E-state index is 9.85. The minimum atomic E-state index is -0.123. The lowest BCUT2D eigenvalue weighted by molar-refractivity contribution is 0.0222. The molecule has 2 rings (SSSR count). The van der Waals surface area contributed by atoms with E-state index in [9.17, 15) is 5.11 Å². The minimum Gasteiger partial charge on any atom is -0.393 e. The summed E-state index contributed by atoms with van der Waals surface area (Å²) in [4.78, 5) is 2.39. The Morgan fingerprint density at radius 1 is 1.41 bits per heavy atom. The van der Waals surface area contributed by atoms with Crippen LogP contribution in [0.1, 0.15) is 25.3 Å². The predicted molar refractivity (Wildman–Crippen MR) is 71.1 cm³/mol. The van der Waals surface area contributed by atoms with Gasteiger partial charge in [0, 0.05) is 24.7 Å². The van der Waals surface area contributed by atoms with Gasteiger partial charge in [-0.1, -0.05) is 36.7 Å². The molecule has 3 heteroatoms. The van der Waals surface area contributed by atoms with E-state index in [0.717, 1.165) is 37.5 Å². The molecular weight excluding hydrogens is 234 g/mol. The van der Waals surface area contributed by atoms with Crippen molar-refractivity contribution in [2.45, 2.75) is 32.4 Å². The molecule has 1 aromatic rings. The van der Waals surface area contributed by atoms with Crippen LogP contribution in [0, 0.1) is 5.92 Å². The third-order valence-corrected chi connectivity index (χ3v) is 4.02. The molecule has 0 aromatic heterocycles. The van der Waals surface area contributed by atoms with Crippen LogP contribution in [0.15, 0.2) is 24.3 Å². The monoisotopic (exact) mass is 253 g/mol. The number of aliphatic hydroxyl groups is 1. The Bertz CT molecular complexity index is 369. The van der Waals surface area contributed by atoms with Crippen molar-refractivity contribution < 1.29 is 5.11 Å². The summed E-state index contributed by atoms with van der Waals surface area (Å²) in [5.74, 6) is 0.409. The van der Waals surface area contributed by atoms with Crippen molar-refractivity contribution in [2.75, 3.05) is 13.1 Å². The van der Waals surface area contributed by atoms with E-state index in [1.807, 2.05) is 18.2 Å². The van der Waals surface area contributed by atoms with E-state index in [-0.39, 0.29) is 6.10 Å². The number of piperidine rings is 1. The fourth-order valence-corrected chi connectivity index (χ4v) is 2.70. The first-order valence-corrected chi connectivity index (χ1v) is 6.72. The van der Waals surface area contributed by atoms with Crippen molar-refractivity contribution in [2.24, 2.45) is 5.92 Å². The average Bonchev–Trinajstić information content (AvgIpc) is 2.34. The molecule has 0 amide bonds. The largest absolute Gasteiger partial charge is 0.393 e. The second-order valence-electron chi connectivity index (χ2n) is 4.85. The summed E-state index contributed by atoms with van der Waals surface area (Å²) < 4.78 is 0. The number of hydrogen-bond donors (Lipinski definition) is 1. The molecule has 1 fully saturated rings. The summed E-state index contributed by atoms with van der Waals surface area (Å²) >= 11 is 6.17. The van der Waals surface area contributed by atoms with Gasteiger partial charge in [-0.2, -0.15) is 0 Å². The van der Waals surface area contributed by atoms with Crippen LogP contribution >= 0.6 is 11.6 Å². The van der Waals surface area contributed by atoms with Gasteiger partial charge >= 0.3 is 0 Å². The molecular formula is C14H20ClNO. The Morgan fingerprint density at radius 2 is 2.18 bits per heavy atom. The van der Waals surface area contributed by atoms with Gasteiger partial charge in [-0.05, 0) is 30.4 Å². The highest BCUT2D eigenvalue weighted by molar-refractivity contribution is 6.31. The van der Waals surface area contributed by atoms with Crippen LogP contribution in [0.5, 0.6) is 0 Å². The van der Waals surface area contributed by atoms with Gasteiger partial charge in [-0.25, -0.2) is 0 Å². The Balaban J connectivity index is 1.98. The van der Waals surface area contributed by atoms with Gasteiger partial charge in [0.1, 0.15) is 0 Å². The molecule has 1 aromatic carbocycles. The Labute approximate surface area is 108 Å². The van der Waals surface area contributed by atoms with Gasteiger partial charge in [0.25, 0.3) is 0 Å².